The zero-order valence-electron chi connectivity index (χ0n) is 12.1. The molecule has 1 aliphatic rings. The Morgan fingerprint density at radius 3 is 2.89 bits per heavy atom. The molecular formula is C15H24N2O2. The maximum atomic E-state index is 5.66. The quantitative estimate of drug-likeness (QED) is 0.843. The molecule has 4 heteroatoms. The molecule has 1 aromatic rings. The minimum atomic E-state index is 0.286. The molecule has 2 rings (SSSR count). The van der Waals surface area contributed by atoms with E-state index in [1.807, 2.05) is 6.07 Å². The summed E-state index contributed by atoms with van der Waals surface area (Å²) in [6, 6.07) is 4.17. The molecule has 0 spiro atoms. The molecule has 1 saturated heterocycles. The van der Waals surface area contributed by atoms with Crippen molar-refractivity contribution in [2.75, 3.05) is 33.4 Å². The lowest BCUT2D eigenvalue weighted by atomic mass is 10.0. The number of methoxy groups -OCH3 is 1. The Morgan fingerprint density at radius 1 is 1.37 bits per heavy atom. The Labute approximate surface area is 115 Å². The van der Waals surface area contributed by atoms with Crippen LogP contribution in [0.1, 0.15) is 16.7 Å². The van der Waals surface area contributed by atoms with Gasteiger partial charge in [0, 0.05) is 26.2 Å². The Bertz CT molecular complexity index is 415. The van der Waals surface area contributed by atoms with Gasteiger partial charge >= 0.3 is 0 Å². The maximum absolute atomic E-state index is 5.66. The molecule has 0 saturated carbocycles. The summed E-state index contributed by atoms with van der Waals surface area (Å²) in [6.45, 7) is 8.72. The lowest BCUT2D eigenvalue weighted by Crippen LogP contribution is -2.43. The van der Waals surface area contributed by atoms with Crippen LogP contribution < -0.4 is 15.4 Å². The highest BCUT2D eigenvalue weighted by atomic mass is 16.5. The minimum absolute atomic E-state index is 0.286. The molecule has 1 unspecified atom stereocenters. The van der Waals surface area contributed by atoms with Gasteiger partial charge in [-0.25, -0.2) is 0 Å². The van der Waals surface area contributed by atoms with E-state index in [4.69, 9.17) is 9.47 Å². The third-order valence-electron chi connectivity index (χ3n) is 3.76. The molecule has 0 bridgehead atoms. The molecule has 1 fully saturated rings. The summed E-state index contributed by atoms with van der Waals surface area (Å²) in [4.78, 5) is 0. The Hall–Kier alpha value is -1.10. The van der Waals surface area contributed by atoms with Crippen LogP contribution in [0.25, 0.3) is 0 Å². The van der Waals surface area contributed by atoms with E-state index < -0.39 is 0 Å². The number of hydrogen-bond acceptors (Lipinski definition) is 4. The van der Waals surface area contributed by atoms with Crippen LogP contribution in [0.3, 0.4) is 0 Å². The average molecular weight is 264 g/mol. The van der Waals surface area contributed by atoms with Crippen LogP contribution in [0.4, 0.5) is 0 Å². The summed E-state index contributed by atoms with van der Waals surface area (Å²) in [5, 5.41) is 6.81. The Balaban J connectivity index is 1.87. The van der Waals surface area contributed by atoms with Crippen LogP contribution in [0, 0.1) is 13.8 Å². The molecule has 2 N–H and O–H groups in total. The lowest BCUT2D eigenvalue weighted by molar-refractivity contribution is 0.0290. The van der Waals surface area contributed by atoms with Crippen LogP contribution in [0.2, 0.25) is 0 Å². The first kappa shape index (κ1) is 14.3. The molecule has 0 radical (unpaired) electrons. The van der Waals surface area contributed by atoms with Crippen molar-refractivity contribution in [1.82, 2.24) is 10.6 Å². The summed E-state index contributed by atoms with van der Waals surface area (Å²) < 4.78 is 11.0. The first-order valence-electron chi connectivity index (χ1n) is 6.88. The van der Waals surface area contributed by atoms with E-state index in [0.717, 1.165) is 38.5 Å². The fraction of sp³-hybridized carbons (Fsp3) is 0.600. The molecule has 19 heavy (non-hydrogen) atoms. The van der Waals surface area contributed by atoms with Gasteiger partial charge in [-0.3, -0.25) is 0 Å². The highest BCUT2D eigenvalue weighted by molar-refractivity contribution is 5.43. The van der Waals surface area contributed by atoms with E-state index in [2.05, 4.69) is 30.5 Å². The molecular weight excluding hydrogens is 240 g/mol. The highest BCUT2D eigenvalue weighted by Gasteiger charge is 2.13. The van der Waals surface area contributed by atoms with Crippen molar-refractivity contribution in [1.29, 1.82) is 0 Å². The van der Waals surface area contributed by atoms with Crippen molar-refractivity contribution in [3.8, 4) is 5.75 Å². The average Bonchev–Trinajstić information content (AvgIpc) is 2.45. The molecule has 4 nitrogen and oxygen atoms in total. The van der Waals surface area contributed by atoms with Gasteiger partial charge in [0.2, 0.25) is 0 Å². The molecule has 0 aliphatic carbocycles. The van der Waals surface area contributed by atoms with E-state index in [1.54, 1.807) is 7.11 Å². The highest BCUT2D eigenvalue weighted by Crippen LogP contribution is 2.23. The van der Waals surface area contributed by atoms with E-state index >= 15 is 0 Å². The maximum Gasteiger partial charge on any atom is 0.122 e. The van der Waals surface area contributed by atoms with Crippen molar-refractivity contribution in [3.63, 3.8) is 0 Å². The number of rotatable bonds is 5. The van der Waals surface area contributed by atoms with Crippen molar-refractivity contribution < 1.29 is 9.47 Å². The third kappa shape index (κ3) is 3.69. The summed E-state index contributed by atoms with van der Waals surface area (Å²) in [6.07, 6.45) is 0.286. The molecule has 0 amide bonds. The number of benzene rings is 1. The number of ether oxygens (including phenoxy) is 2. The molecule has 1 heterocycles. The first-order valence-corrected chi connectivity index (χ1v) is 6.88. The van der Waals surface area contributed by atoms with Gasteiger partial charge in [0.15, 0.2) is 0 Å². The molecule has 106 valence electrons. The zero-order chi connectivity index (χ0) is 13.7. The fourth-order valence-corrected chi connectivity index (χ4v) is 2.38. The van der Waals surface area contributed by atoms with Gasteiger partial charge < -0.3 is 20.1 Å². The van der Waals surface area contributed by atoms with Crippen LogP contribution in [0.15, 0.2) is 12.1 Å². The third-order valence-corrected chi connectivity index (χ3v) is 3.76. The van der Waals surface area contributed by atoms with Crippen LogP contribution in [-0.2, 0) is 11.3 Å². The smallest absolute Gasteiger partial charge is 0.122 e. The normalized spacial score (nSPS) is 19.4. The monoisotopic (exact) mass is 264 g/mol. The molecule has 1 atom stereocenters. The van der Waals surface area contributed by atoms with Gasteiger partial charge in [-0.05, 0) is 36.6 Å². The number of nitrogens with one attached hydrogen (secondary N) is 2. The summed E-state index contributed by atoms with van der Waals surface area (Å²) >= 11 is 0. The van der Waals surface area contributed by atoms with Gasteiger partial charge in [0.25, 0.3) is 0 Å². The van der Waals surface area contributed by atoms with Gasteiger partial charge in [0.1, 0.15) is 5.75 Å². The van der Waals surface area contributed by atoms with Gasteiger partial charge in [0.05, 0.1) is 19.8 Å². The molecule has 0 aromatic heterocycles. The molecule has 1 aromatic carbocycles. The topological polar surface area (TPSA) is 42.5 Å². The standard InChI is InChI=1S/C15H24N2O2/c1-11-12(2)15(18-3)5-4-13(11)8-17-10-14-9-16-6-7-19-14/h4-5,14,16-17H,6-10H2,1-3H3. The van der Waals surface area contributed by atoms with Crippen LogP contribution in [-0.4, -0.2) is 39.5 Å². The van der Waals surface area contributed by atoms with E-state index in [9.17, 15) is 0 Å². The van der Waals surface area contributed by atoms with Crippen molar-refractivity contribution in [3.05, 3.63) is 28.8 Å². The second-order valence-electron chi connectivity index (χ2n) is 5.00. The van der Waals surface area contributed by atoms with Crippen LogP contribution in [0.5, 0.6) is 5.75 Å². The largest absolute Gasteiger partial charge is 0.496 e. The van der Waals surface area contributed by atoms with Crippen molar-refractivity contribution in [2.45, 2.75) is 26.5 Å². The lowest BCUT2D eigenvalue weighted by Gasteiger charge is -2.24. The van der Waals surface area contributed by atoms with Crippen molar-refractivity contribution >= 4 is 0 Å². The summed E-state index contributed by atoms with van der Waals surface area (Å²) in [7, 11) is 1.72. The van der Waals surface area contributed by atoms with Gasteiger partial charge in [-0.1, -0.05) is 6.07 Å². The summed E-state index contributed by atoms with van der Waals surface area (Å²) in [5.41, 5.74) is 3.84. The van der Waals surface area contributed by atoms with Crippen LogP contribution >= 0.6 is 0 Å². The van der Waals surface area contributed by atoms with Gasteiger partial charge in [-0.2, -0.15) is 0 Å². The SMILES string of the molecule is COc1ccc(CNCC2CNCCO2)c(C)c1C. The summed E-state index contributed by atoms with van der Waals surface area (Å²) in [5.74, 6) is 0.959. The zero-order valence-corrected chi connectivity index (χ0v) is 12.1. The van der Waals surface area contributed by atoms with Gasteiger partial charge in [-0.15, -0.1) is 0 Å². The fourth-order valence-electron chi connectivity index (χ4n) is 2.38. The van der Waals surface area contributed by atoms with E-state index in [-0.39, 0.29) is 6.10 Å². The van der Waals surface area contributed by atoms with E-state index in [0.29, 0.717) is 0 Å². The van der Waals surface area contributed by atoms with Crippen molar-refractivity contribution in [2.24, 2.45) is 0 Å². The second-order valence-corrected chi connectivity index (χ2v) is 5.00. The predicted octanol–water partition coefficient (Wildman–Crippen LogP) is 1.39. The van der Waals surface area contributed by atoms with E-state index in [1.165, 1.54) is 16.7 Å². The molecule has 1 aliphatic heterocycles. The number of morpholine rings is 1. The predicted molar refractivity (Wildman–Crippen MR) is 76.8 cm³/mol. The minimum Gasteiger partial charge on any atom is -0.496 e. The Kier molecular flexibility index (Phi) is 5.19. The number of hydrogen-bond donors (Lipinski definition) is 2. The Morgan fingerprint density at radius 2 is 2.21 bits per heavy atom. The second kappa shape index (κ2) is 6.89. The first-order chi connectivity index (χ1) is 9.22.